The molecule has 0 aliphatic rings. The van der Waals surface area contributed by atoms with Gasteiger partial charge in [0.2, 0.25) is 0 Å². The normalized spacial score (nSPS) is 10.9. The van der Waals surface area contributed by atoms with Gasteiger partial charge in [0.1, 0.15) is 0 Å². The predicted octanol–water partition coefficient (Wildman–Crippen LogP) is 4.71. The Labute approximate surface area is 218 Å². The van der Waals surface area contributed by atoms with Gasteiger partial charge in [-0.2, -0.15) is 0 Å². The van der Waals surface area contributed by atoms with Crippen molar-refractivity contribution in [1.82, 2.24) is 14.7 Å². The standard InChI is InChI=1S/C19H16BBrN4O2S.C6H14O/c1-9-16(18(22)26)25-8-12(21)6-13(17(25)20-9)19(27)23-7-11-3-4-14-15(5-11)28-10(2)24-14;1-6(2)4-3-5-7/h3-6,8H,7H2,1-2H3,(H2,22,26)(H,23,27);6-7H,3-5H2,1-2H3. The Morgan fingerprint density at radius 3 is 2.66 bits per heavy atom. The van der Waals surface area contributed by atoms with Gasteiger partial charge < -0.3 is 5.11 Å². The number of aromatic nitrogens is 2. The third-order valence-corrected chi connectivity index (χ3v) is 6.84. The Bertz CT molecular complexity index is 1370. The molecule has 0 aliphatic carbocycles. The van der Waals surface area contributed by atoms with Crippen LogP contribution >= 0.6 is 27.3 Å². The van der Waals surface area contributed by atoms with E-state index < -0.39 is 5.91 Å². The number of carbonyl (C=O) groups is 2. The average molecular weight is 557 g/mol. The molecule has 7 nitrogen and oxygen atoms in total. The van der Waals surface area contributed by atoms with E-state index in [0.717, 1.165) is 45.0 Å². The second-order valence-electron chi connectivity index (χ2n) is 8.84. The average Bonchev–Trinajstić information content (AvgIpc) is 3.33. The molecule has 3 aromatic heterocycles. The molecule has 0 saturated heterocycles. The minimum atomic E-state index is -0.532. The van der Waals surface area contributed by atoms with Gasteiger partial charge in [0.05, 0.1) is 0 Å². The van der Waals surface area contributed by atoms with E-state index in [2.05, 4.69) is 40.1 Å². The Balaban J connectivity index is 0.000000429. The molecule has 2 amide bonds. The minimum absolute atomic E-state index is 0.222. The zero-order valence-corrected chi connectivity index (χ0v) is 22.8. The second kappa shape index (κ2) is 11.9. The van der Waals surface area contributed by atoms with E-state index in [9.17, 15) is 9.59 Å². The van der Waals surface area contributed by atoms with Crippen molar-refractivity contribution in [3.8, 4) is 0 Å². The van der Waals surface area contributed by atoms with Gasteiger partial charge in [-0.05, 0) is 18.8 Å². The van der Waals surface area contributed by atoms with Crippen molar-refractivity contribution in [3.63, 3.8) is 0 Å². The number of rotatable bonds is 7. The molecular formula is C25H30BBrN4O3S. The van der Waals surface area contributed by atoms with Gasteiger partial charge in [-0.25, -0.2) is 0 Å². The first-order valence-corrected chi connectivity index (χ1v) is 13.1. The van der Waals surface area contributed by atoms with Gasteiger partial charge in [0, 0.05) is 6.61 Å². The number of nitrogens with one attached hydrogen (secondary N) is 1. The van der Waals surface area contributed by atoms with Crippen molar-refractivity contribution in [3.05, 3.63) is 62.2 Å². The number of amides is 2. The zero-order chi connectivity index (χ0) is 25.7. The van der Waals surface area contributed by atoms with Crippen molar-refractivity contribution in [2.24, 2.45) is 11.7 Å². The summed E-state index contributed by atoms with van der Waals surface area (Å²) in [5.74, 6) is -0.0114. The summed E-state index contributed by atoms with van der Waals surface area (Å²) in [6.45, 7) is 10.6. The van der Waals surface area contributed by atoms with E-state index in [1.807, 2.05) is 25.1 Å². The summed E-state index contributed by atoms with van der Waals surface area (Å²) < 4.78 is 3.44. The van der Waals surface area contributed by atoms with Crippen LogP contribution in [-0.2, 0) is 6.54 Å². The SMILES string of the molecule is CC(C)CCCO.Cc1nc2ccc(CNC(=O)c3cc(Br)cn4c(C(N)=O)c(C)bc34)cc2s1. The number of benzene rings is 1. The molecule has 1 aromatic carbocycles. The van der Waals surface area contributed by atoms with Crippen molar-refractivity contribution < 1.29 is 14.7 Å². The molecule has 0 unspecified atom stereocenters. The summed E-state index contributed by atoms with van der Waals surface area (Å²) in [5.41, 5.74) is 9.68. The summed E-state index contributed by atoms with van der Waals surface area (Å²) in [5, 5.41) is 12.3. The summed E-state index contributed by atoms with van der Waals surface area (Å²) >= 11 is 5.04. The number of primary amides is 1. The van der Waals surface area contributed by atoms with Crippen LogP contribution < -0.4 is 11.1 Å². The van der Waals surface area contributed by atoms with E-state index >= 15 is 0 Å². The molecule has 0 atom stereocenters. The molecule has 4 N–H and O–H groups in total. The van der Waals surface area contributed by atoms with Gasteiger partial charge in [-0.15, -0.1) is 0 Å². The van der Waals surface area contributed by atoms with Crippen LogP contribution in [-0.4, -0.2) is 39.8 Å². The van der Waals surface area contributed by atoms with E-state index in [1.165, 1.54) is 0 Å². The fourth-order valence-corrected chi connectivity index (χ4v) is 5.16. The number of hydrogen-bond acceptors (Lipinski definition) is 5. The molecule has 3 heterocycles. The maximum atomic E-state index is 12.9. The van der Waals surface area contributed by atoms with Crippen molar-refractivity contribution in [1.29, 1.82) is 0 Å². The van der Waals surface area contributed by atoms with Crippen molar-refractivity contribution in [2.75, 3.05) is 6.61 Å². The molecule has 4 rings (SSSR count). The molecule has 35 heavy (non-hydrogen) atoms. The number of hydrogen-bond donors (Lipinski definition) is 3. The first-order valence-electron chi connectivity index (χ1n) is 11.5. The van der Waals surface area contributed by atoms with Crippen LogP contribution in [0.1, 0.15) is 63.6 Å². The summed E-state index contributed by atoms with van der Waals surface area (Å²) in [6.07, 6.45) is 3.84. The summed E-state index contributed by atoms with van der Waals surface area (Å²) in [4.78, 5) is 29.1. The third-order valence-electron chi connectivity index (χ3n) is 5.47. The Hall–Kier alpha value is -2.56. The van der Waals surface area contributed by atoms with Crippen LogP contribution in [0.5, 0.6) is 0 Å². The number of halogens is 1. The van der Waals surface area contributed by atoms with E-state index in [0.29, 0.717) is 34.3 Å². The number of aliphatic hydroxyl groups excluding tert-OH is 1. The van der Waals surface area contributed by atoms with Crippen LogP contribution in [0.15, 0.2) is 34.9 Å². The Kier molecular flexibility index (Phi) is 9.21. The van der Waals surface area contributed by atoms with Gasteiger partial charge in [0.25, 0.3) is 0 Å². The van der Waals surface area contributed by atoms with Crippen LogP contribution in [0.3, 0.4) is 0 Å². The van der Waals surface area contributed by atoms with Crippen LogP contribution in [0.2, 0.25) is 0 Å². The Morgan fingerprint density at radius 2 is 2.03 bits per heavy atom. The molecule has 0 fully saturated rings. The Morgan fingerprint density at radius 1 is 1.29 bits per heavy atom. The van der Waals surface area contributed by atoms with E-state index in [4.69, 9.17) is 10.8 Å². The fourth-order valence-electron chi connectivity index (χ4n) is 3.83. The number of thiazole rings is 1. The first-order chi connectivity index (χ1) is 16.6. The van der Waals surface area contributed by atoms with Crippen molar-refractivity contribution >= 4 is 61.6 Å². The second-order valence-corrected chi connectivity index (χ2v) is 11.0. The first kappa shape index (κ1) is 27.0. The number of carbonyl (C=O) groups excluding carboxylic acids is 2. The van der Waals surface area contributed by atoms with Gasteiger partial charge >= 0.3 is 174 Å². The van der Waals surface area contributed by atoms with E-state index in [-0.39, 0.29) is 5.91 Å². The van der Waals surface area contributed by atoms with Crippen LogP contribution in [0.25, 0.3) is 15.6 Å². The third kappa shape index (κ3) is 6.77. The maximum absolute atomic E-state index is 12.9. The monoisotopic (exact) mass is 556 g/mol. The summed E-state index contributed by atoms with van der Waals surface area (Å²) in [7, 11) is 0. The van der Waals surface area contributed by atoms with Gasteiger partial charge in [-0.1, -0.05) is 13.8 Å². The quantitative estimate of drug-likeness (QED) is 0.306. The molecule has 0 radical (unpaired) electrons. The van der Waals surface area contributed by atoms with Crippen LogP contribution in [0, 0.1) is 19.8 Å². The predicted molar refractivity (Wildman–Crippen MR) is 146 cm³/mol. The van der Waals surface area contributed by atoms with Gasteiger partial charge in [0.15, 0.2) is 0 Å². The molecule has 0 aliphatic heterocycles. The molecule has 4 aromatic rings. The molecular weight excluding hydrogens is 527 g/mol. The summed E-state index contributed by atoms with van der Waals surface area (Å²) in [6, 6.07) is 7.71. The van der Waals surface area contributed by atoms with Crippen LogP contribution in [0.4, 0.5) is 0 Å². The number of fused-ring (bicyclic) bond motifs is 2. The van der Waals surface area contributed by atoms with E-state index in [1.54, 1.807) is 41.8 Å². The zero-order valence-electron chi connectivity index (χ0n) is 20.4. The number of aliphatic hydroxyl groups is 1. The van der Waals surface area contributed by atoms with Gasteiger partial charge in [-0.3, -0.25) is 0 Å². The molecule has 0 spiro atoms. The number of aryl methyl sites for hydroxylation is 2. The molecule has 184 valence electrons. The molecule has 0 bridgehead atoms. The molecule has 0 saturated carbocycles. The number of nitrogens with zero attached hydrogens (tertiary/aromatic N) is 2. The van der Waals surface area contributed by atoms with Crippen molar-refractivity contribution in [2.45, 2.75) is 47.1 Å². The number of nitrogens with two attached hydrogens (primary N) is 1. The molecule has 10 heteroatoms. The number of pyridine rings is 1. The fraction of sp³-hybridized carbons (Fsp3) is 0.360. The topological polar surface area (TPSA) is 110 Å².